The fraction of sp³-hybridized carbons (Fsp3) is 0.647. The Bertz CT molecular complexity index is 521. The largest absolute Gasteiger partial charge is 0.481 e. The molecule has 0 aliphatic carbocycles. The minimum absolute atomic E-state index is 0.167. The van der Waals surface area contributed by atoms with Crippen molar-refractivity contribution >= 4 is 23.9 Å². The Kier molecular flexibility index (Phi) is 9.48. The minimum atomic E-state index is -1.14. The lowest BCUT2D eigenvalue weighted by Crippen LogP contribution is -2.34. The van der Waals surface area contributed by atoms with Gasteiger partial charge < -0.3 is 19.3 Å². The van der Waals surface area contributed by atoms with Crippen LogP contribution < -0.4 is 0 Å². The van der Waals surface area contributed by atoms with Crippen molar-refractivity contribution in [2.75, 3.05) is 13.2 Å². The fourth-order valence-corrected chi connectivity index (χ4v) is 1.37. The molecule has 8 heteroatoms. The normalized spacial score (nSPS) is 12.0. The van der Waals surface area contributed by atoms with Crippen LogP contribution in [0.4, 0.5) is 0 Å². The highest BCUT2D eigenvalue weighted by Crippen LogP contribution is 2.21. The van der Waals surface area contributed by atoms with Crippen LogP contribution in [0.15, 0.2) is 12.2 Å². The van der Waals surface area contributed by atoms with E-state index in [0.717, 1.165) is 0 Å². The molecule has 0 aromatic rings. The van der Waals surface area contributed by atoms with Crippen LogP contribution in [0.3, 0.4) is 0 Å². The first kappa shape index (κ1) is 22.6. The Morgan fingerprint density at radius 3 is 2.12 bits per heavy atom. The first-order valence-electron chi connectivity index (χ1n) is 7.90. The average Bonchev–Trinajstić information content (AvgIpc) is 2.54. The van der Waals surface area contributed by atoms with Crippen LogP contribution in [0.5, 0.6) is 0 Å². The van der Waals surface area contributed by atoms with E-state index in [-0.39, 0.29) is 31.6 Å². The minimum Gasteiger partial charge on any atom is -0.481 e. The van der Waals surface area contributed by atoms with E-state index in [1.165, 1.54) is 6.92 Å². The zero-order valence-corrected chi connectivity index (χ0v) is 15.1. The van der Waals surface area contributed by atoms with E-state index in [2.05, 4.69) is 6.58 Å². The number of carbonyl (C=O) groups is 4. The van der Waals surface area contributed by atoms with Crippen LogP contribution in [-0.4, -0.2) is 48.3 Å². The van der Waals surface area contributed by atoms with E-state index >= 15 is 0 Å². The van der Waals surface area contributed by atoms with Gasteiger partial charge in [-0.15, -0.1) is 0 Å². The molecule has 0 fully saturated rings. The third-order valence-electron chi connectivity index (χ3n) is 3.43. The molecule has 0 aliphatic rings. The van der Waals surface area contributed by atoms with E-state index in [4.69, 9.17) is 19.3 Å². The number of hydrogen-bond donors (Lipinski definition) is 1. The quantitative estimate of drug-likeness (QED) is 0.338. The van der Waals surface area contributed by atoms with Gasteiger partial charge in [0.2, 0.25) is 0 Å². The molecule has 1 unspecified atom stereocenters. The standard InChI is InChI=1S/C17H26O8/c1-6-17(4,5)16(22)24-10-12(9-23-15(21)11(2)3)25-14(20)8-7-13(18)19/h12H,2,6-10H2,1,3-5H3,(H,18,19). The molecule has 0 aromatic carbocycles. The maximum absolute atomic E-state index is 12.0. The highest BCUT2D eigenvalue weighted by molar-refractivity contribution is 5.87. The molecule has 8 nitrogen and oxygen atoms in total. The van der Waals surface area contributed by atoms with Crippen LogP contribution in [0.1, 0.15) is 47.0 Å². The molecule has 0 radical (unpaired) electrons. The summed E-state index contributed by atoms with van der Waals surface area (Å²) in [5.74, 6) is -3.08. The summed E-state index contributed by atoms with van der Waals surface area (Å²) in [5, 5.41) is 8.57. The highest BCUT2D eigenvalue weighted by atomic mass is 16.6. The molecule has 1 N–H and O–H groups in total. The van der Waals surface area contributed by atoms with Crippen molar-refractivity contribution in [3.8, 4) is 0 Å². The summed E-state index contributed by atoms with van der Waals surface area (Å²) in [6, 6.07) is 0. The lowest BCUT2D eigenvalue weighted by Gasteiger charge is -2.23. The van der Waals surface area contributed by atoms with Gasteiger partial charge in [0, 0.05) is 5.57 Å². The first-order chi connectivity index (χ1) is 11.5. The van der Waals surface area contributed by atoms with Crippen molar-refractivity contribution in [2.24, 2.45) is 5.41 Å². The Labute approximate surface area is 147 Å². The van der Waals surface area contributed by atoms with Crippen LogP contribution in [0.25, 0.3) is 0 Å². The lowest BCUT2D eigenvalue weighted by molar-refractivity contribution is -0.170. The van der Waals surface area contributed by atoms with Gasteiger partial charge in [0.1, 0.15) is 13.2 Å². The summed E-state index contributed by atoms with van der Waals surface area (Å²) in [6.07, 6.45) is -1.20. The third-order valence-corrected chi connectivity index (χ3v) is 3.43. The molecule has 0 aromatic heterocycles. The van der Waals surface area contributed by atoms with E-state index < -0.39 is 35.4 Å². The van der Waals surface area contributed by atoms with Crippen molar-refractivity contribution in [1.29, 1.82) is 0 Å². The molecule has 0 saturated heterocycles. The van der Waals surface area contributed by atoms with Crippen molar-refractivity contribution in [3.63, 3.8) is 0 Å². The van der Waals surface area contributed by atoms with Crippen molar-refractivity contribution in [3.05, 3.63) is 12.2 Å². The number of carbonyl (C=O) groups excluding carboxylic acids is 3. The highest BCUT2D eigenvalue weighted by Gasteiger charge is 2.29. The second-order valence-electron chi connectivity index (χ2n) is 6.22. The van der Waals surface area contributed by atoms with Gasteiger partial charge in [-0.1, -0.05) is 13.5 Å². The number of aliphatic carboxylic acids is 1. The smallest absolute Gasteiger partial charge is 0.333 e. The van der Waals surface area contributed by atoms with Crippen molar-refractivity contribution in [2.45, 2.75) is 53.1 Å². The second kappa shape index (κ2) is 10.5. The van der Waals surface area contributed by atoms with E-state index in [1.54, 1.807) is 13.8 Å². The Balaban J connectivity index is 4.74. The number of ether oxygens (including phenoxy) is 3. The third kappa shape index (κ3) is 9.49. The van der Waals surface area contributed by atoms with Gasteiger partial charge in [0.25, 0.3) is 0 Å². The Hall–Kier alpha value is -2.38. The number of esters is 3. The zero-order chi connectivity index (χ0) is 19.6. The summed E-state index contributed by atoms with van der Waals surface area (Å²) >= 11 is 0. The molecule has 142 valence electrons. The molecule has 0 bridgehead atoms. The number of hydrogen-bond acceptors (Lipinski definition) is 7. The molecular formula is C17H26O8. The predicted octanol–water partition coefficient (Wildman–Crippen LogP) is 1.86. The molecular weight excluding hydrogens is 332 g/mol. The van der Waals surface area contributed by atoms with Gasteiger partial charge in [0.15, 0.2) is 6.10 Å². The molecule has 1 atom stereocenters. The van der Waals surface area contributed by atoms with E-state index in [9.17, 15) is 19.2 Å². The van der Waals surface area contributed by atoms with Crippen molar-refractivity contribution < 1.29 is 38.5 Å². The Morgan fingerprint density at radius 1 is 1.08 bits per heavy atom. The maximum Gasteiger partial charge on any atom is 0.333 e. The fourth-order valence-electron chi connectivity index (χ4n) is 1.37. The number of carboxylic acid groups (broad SMARTS) is 1. The van der Waals surface area contributed by atoms with Crippen LogP contribution >= 0.6 is 0 Å². The molecule has 25 heavy (non-hydrogen) atoms. The van der Waals surface area contributed by atoms with Gasteiger partial charge in [-0.3, -0.25) is 14.4 Å². The molecule has 0 spiro atoms. The van der Waals surface area contributed by atoms with E-state index in [0.29, 0.717) is 6.42 Å². The van der Waals surface area contributed by atoms with Crippen LogP contribution in [-0.2, 0) is 33.4 Å². The van der Waals surface area contributed by atoms with Gasteiger partial charge in [-0.05, 0) is 27.2 Å². The summed E-state index contributed by atoms with van der Waals surface area (Å²) in [6.45, 7) is 9.51. The SMILES string of the molecule is C=C(C)C(=O)OCC(COC(=O)C(C)(C)CC)OC(=O)CCC(=O)O. The molecule has 0 rings (SSSR count). The number of carboxylic acids is 1. The number of rotatable bonds is 11. The lowest BCUT2D eigenvalue weighted by atomic mass is 9.91. The maximum atomic E-state index is 12.0. The topological polar surface area (TPSA) is 116 Å². The van der Waals surface area contributed by atoms with Gasteiger partial charge in [0.05, 0.1) is 18.3 Å². The van der Waals surface area contributed by atoms with Crippen LogP contribution in [0, 0.1) is 5.41 Å². The van der Waals surface area contributed by atoms with Gasteiger partial charge in [-0.25, -0.2) is 4.79 Å². The summed E-state index contributed by atoms with van der Waals surface area (Å²) in [5.41, 5.74) is -0.535. The average molecular weight is 358 g/mol. The zero-order valence-electron chi connectivity index (χ0n) is 15.1. The second-order valence-corrected chi connectivity index (χ2v) is 6.22. The van der Waals surface area contributed by atoms with E-state index in [1.807, 2.05) is 6.92 Å². The van der Waals surface area contributed by atoms with Gasteiger partial charge >= 0.3 is 23.9 Å². The summed E-state index contributed by atoms with van der Waals surface area (Å²) < 4.78 is 15.1. The molecule has 0 aliphatic heterocycles. The summed E-state index contributed by atoms with van der Waals surface area (Å²) in [7, 11) is 0. The summed E-state index contributed by atoms with van der Waals surface area (Å²) in [4.78, 5) is 45.6. The van der Waals surface area contributed by atoms with Crippen molar-refractivity contribution in [1.82, 2.24) is 0 Å². The molecule has 0 amide bonds. The Morgan fingerprint density at radius 2 is 1.64 bits per heavy atom. The molecule has 0 saturated carbocycles. The molecule has 0 heterocycles. The first-order valence-corrected chi connectivity index (χ1v) is 7.90. The monoisotopic (exact) mass is 358 g/mol. The predicted molar refractivity (Wildman–Crippen MR) is 87.6 cm³/mol. The van der Waals surface area contributed by atoms with Crippen LogP contribution in [0.2, 0.25) is 0 Å². The van der Waals surface area contributed by atoms with Gasteiger partial charge in [-0.2, -0.15) is 0 Å².